The summed E-state index contributed by atoms with van der Waals surface area (Å²) in [5.41, 5.74) is 7.40. The van der Waals surface area contributed by atoms with Crippen molar-refractivity contribution < 1.29 is 33.1 Å². The molecule has 0 bridgehead atoms. The average molecular weight is 588 g/mol. The standard InChI is InChI=1S/C30H38FN3O6S/c1-40-30(39)22(14-15-41-2)18-27(36)26(17-20-6-4-3-5-7-20)34-28(37)13-12-24(35)19-33-29(38)25(32)16-21-8-10-23(31)11-9-21/h3-11,22,25-26H,12-19,32H2,1-2H3,(H,33,38)(H,34,37)/t22?,25-,26?/m1/s1. The zero-order valence-corrected chi connectivity index (χ0v) is 24.2. The van der Waals surface area contributed by atoms with Crippen LogP contribution in [0.5, 0.6) is 0 Å². The van der Waals surface area contributed by atoms with Gasteiger partial charge in [-0.3, -0.25) is 24.0 Å². The fraction of sp³-hybridized carbons (Fsp3) is 0.433. The Balaban J connectivity index is 1.90. The van der Waals surface area contributed by atoms with Crippen molar-refractivity contribution in [2.24, 2.45) is 11.7 Å². The third-order valence-electron chi connectivity index (χ3n) is 6.46. The lowest BCUT2D eigenvalue weighted by Crippen LogP contribution is -2.44. The van der Waals surface area contributed by atoms with Crippen molar-refractivity contribution in [1.29, 1.82) is 0 Å². The number of hydrogen-bond donors (Lipinski definition) is 3. The molecule has 0 aliphatic carbocycles. The summed E-state index contributed by atoms with van der Waals surface area (Å²) in [6.45, 7) is -0.300. The highest BCUT2D eigenvalue weighted by molar-refractivity contribution is 7.98. The number of Topliss-reactive ketones (excluding diaryl/α,β-unsaturated/α-hetero) is 2. The van der Waals surface area contributed by atoms with Gasteiger partial charge < -0.3 is 21.1 Å². The number of nitrogens with two attached hydrogens (primary N) is 1. The summed E-state index contributed by atoms with van der Waals surface area (Å²) >= 11 is 1.56. The van der Waals surface area contributed by atoms with Gasteiger partial charge >= 0.3 is 5.97 Å². The molecule has 0 spiro atoms. The molecule has 0 saturated carbocycles. The van der Waals surface area contributed by atoms with Crippen molar-refractivity contribution >= 4 is 41.1 Å². The van der Waals surface area contributed by atoms with Gasteiger partial charge in [-0.15, -0.1) is 0 Å². The van der Waals surface area contributed by atoms with Crippen LogP contribution in [-0.4, -0.2) is 67.1 Å². The van der Waals surface area contributed by atoms with Crippen molar-refractivity contribution in [3.63, 3.8) is 0 Å². The molecule has 2 amide bonds. The Kier molecular flexibility index (Phi) is 14.8. The zero-order chi connectivity index (χ0) is 30.2. The highest BCUT2D eigenvalue weighted by atomic mass is 32.2. The molecule has 0 radical (unpaired) electrons. The molecule has 2 aromatic carbocycles. The quantitative estimate of drug-likeness (QED) is 0.226. The smallest absolute Gasteiger partial charge is 0.309 e. The van der Waals surface area contributed by atoms with Crippen molar-refractivity contribution in [3.05, 3.63) is 71.5 Å². The van der Waals surface area contributed by atoms with Crippen LogP contribution in [0.3, 0.4) is 0 Å². The number of esters is 1. The molecular formula is C30H38FN3O6S. The summed E-state index contributed by atoms with van der Waals surface area (Å²) < 4.78 is 17.9. The maximum Gasteiger partial charge on any atom is 0.309 e. The van der Waals surface area contributed by atoms with E-state index in [1.807, 2.05) is 36.6 Å². The van der Waals surface area contributed by atoms with Gasteiger partial charge in [-0.2, -0.15) is 11.8 Å². The van der Waals surface area contributed by atoms with Gasteiger partial charge in [0.2, 0.25) is 11.8 Å². The summed E-state index contributed by atoms with van der Waals surface area (Å²) in [5.74, 6) is -2.51. The predicted octanol–water partition coefficient (Wildman–Crippen LogP) is 2.39. The van der Waals surface area contributed by atoms with Crippen LogP contribution < -0.4 is 16.4 Å². The van der Waals surface area contributed by atoms with Gasteiger partial charge in [0.15, 0.2) is 11.6 Å². The number of hydrogen-bond acceptors (Lipinski definition) is 8. The van der Waals surface area contributed by atoms with Crippen molar-refractivity contribution in [3.8, 4) is 0 Å². The van der Waals surface area contributed by atoms with Crippen LogP contribution in [0.1, 0.15) is 36.8 Å². The van der Waals surface area contributed by atoms with Crippen LogP contribution in [-0.2, 0) is 41.6 Å². The van der Waals surface area contributed by atoms with Gasteiger partial charge in [-0.25, -0.2) is 4.39 Å². The molecule has 0 aliphatic heterocycles. The van der Waals surface area contributed by atoms with E-state index in [2.05, 4.69) is 10.6 Å². The average Bonchev–Trinajstić information content (AvgIpc) is 2.97. The molecule has 0 aromatic heterocycles. The Morgan fingerprint density at radius 1 is 0.951 bits per heavy atom. The lowest BCUT2D eigenvalue weighted by atomic mass is 9.93. The van der Waals surface area contributed by atoms with Gasteiger partial charge in [-0.05, 0) is 54.5 Å². The van der Waals surface area contributed by atoms with E-state index in [-0.39, 0.29) is 50.2 Å². The van der Waals surface area contributed by atoms with Crippen molar-refractivity contribution in [2.75, 3.05) is 25.7 Å². The van der Waals surface area contributed by atoms with Gasteiger partial charge in [0, 0.05) is 19.3 Å². The molecule has 4 N–H and O–H groups in total. The molecule has 2 rings (SSSR count). The second-order valence-electron chi connectivity index (χ2n) is 9.68. The van der Waals surface area contributed by atoms with E-state index in [9.17, 15) is 28.4 Å². The minimum atomic E-state index is -0.925. The first kappa shape index (κ1) is 33.6. The third kappa shape index (κ3) is 12.6. The summed E-state index contributed by atoms with van der Waals surface area (Å²) in [7, 11) is 1.28. The number of rotatable bonds is 18. The largest absolute Gasteiger partial charge is 0.469 e. The third-order valence-corrected chi connectivity index (χ3v) is 7.10. The molecule has 0 aliphatic rings. The van der Waals surface area contributed by atoms with Crippen LogP contribution in [0.4, 0.5) is 4.39 Å². The number of thioether (sulfide) groups is 1. The zero-order valence-electron chi connectivity index (χ0n) is 23.4. The SMILES string of the molecule is COC(=O)C(CCSC)CC(=O)C(Cc1ccccc1)NC(=O)CCC(=O)CNC(=O)[C@H](N)Cc1ccc(F)cc1. The number of halogens is 1. The monoisotopic (exact) mass is 587 g/mol. The van der Waals surface area contributed by atoms with E-state index in [0.717, 1.165) is 5.56 Å². The van der Waals surface area contributed by atoms with Gasteiger partial charge in [-0.1, -0.05) is 42.5 Å². The molecule has 2 unspecified atom stereocenters. The van der Waals surface area contributed by atoms with E-state index < -0.39 is 41.6 Å². The fourth-order valence-electron chi connectivity index (χ4n) is 4.10. The van der Waals surface area contributed by atoms with E-state index in [1.165, 1.54) is 31.4 Å². The van der Waals surface area contributed by atoms with E-state index in [0.29, 0.717) is 17.7 Å². The Morgan fingerprint density at radius 2 is 1.61 bits per heavy atom. The Bertz CT molecular complexity index is 1160. The van der Waals surface area contributed by atoms with E-state index >= 15 is 0 Å². The second-order valence-corrected chi connectivity index (χ2v) is 10.7. The molecule has 41 heavy (non-hydrogen) atoms. The highest BCUT2D eigenvalue weighted by Gasteiger charge is 2.28. The number of carbonyl (C=O) groups is 5. The second kappa shape index (κ2) is 18.0. The predicted molar refractivity (Wildman–Crippen MR) is 156 cm³/mol. The number of ketones is 2. The number of ether oxygens (including phenoxy) is 1. The molecule has 0 saturated heterocycles. The Morgan fingerprint density at radius 3 is 2.24 bits per heavy atom. The molecule has 3 atom stereocenters. The summed E-state index contributed by atoms with van der Waals surface area (Å²) in [5, 5.41) is 5.19. The fourth-order valence-corrected chi connectivity index (χ4v) is 4.62. The number of benzene rings is 2. The van der Waals surface area contributed by atoms with Gasteiger partial charge in [0.05, 0.1) is 31.7 Å². The number of amides is 2. The Labute approximate surface area is 244 Å². The number of carbonyl (C=O) groups excluding carboxylic acids is 5. The maximum atomic E-state index is 13.2. The Hall–Kier alpha value is -3.57. The molecule has 9 nitrogen and oxygen atoms in total. The van der Waals surface area contributed by atoms with Crippen LogP contribution in [0.25, 0.3) is 0 Å². The van der Waals surface area contributed by atoms with Crippen LogP contribution in [0.15, 0.2) is 54.6 Å². The molecule has 0 heterocycles. The molecule has 11 heteroatoms. The normalized spacial score (nSPS) is 13.0. The topological polar surface area (TPSA) is 145 Å². The molecule has 222 valence electrons. The van der Waals surface area contributed by atoms with E-state index in [1.54, 1.807) is 11.8 Å². The minimum Gasteiger partial charge on any atom is -0.469 e. The van der Waals surface area contributed by atoms with Crippen LogP contribution in [0.2, 0.25) is 0 Å². The van der Waals surface area contributed by atoms with Crippen LogP contribution >= 0.6 is 11.8 Å². The lowest BCUT2D eigenvalue weighted by molar-refractivity contribution is -0.147. The molecule has 0 fully saturated rings. The number of methoxy groups -OCH3 is 1. The highest BCUT2D eigenvalue weighted by Crippen LogP contribution is 2.17. The van der Waals surface area contributed by atoms with Crippen molar-refractivity contribution in [1.82, 2.24) is 10.6 Å². The van der Waals surface area contributed by atoms with E-state index in [4.69, 9.17) is 10.5 Å². The van der Waals surface area contributed by atoms with Crippen LogP contribution in [0, 0.1) is 11.7 Å². The van der Waals surface area contributed by atoms with Crippen molar-refractivity contribution in [2.45, 2.75) is 50.6 Å². The first-order chi connectivity index (χ1) is 19.6. The minimum absolute atomic E-state index is 0.0752. The molecular weight excluding hydrogens is 549 g/mol. The first-order valence-electron chi connectivity index (χ1n) is 13.3. The number of nitrogens with one attached hydrogen (secondary N) is 2. The van der Waals surface area contributed by atoms with Gasteiger partial charge in [0.25, 0.3) is 0 Å². The summed E-state index contributed by atoms with van der Waals surface area (Å²) in [6, 6.07) is 13.0. The molecule has 2 aromatic rings. The summed E-state index contributed by atoms with van der Waals surface area (Å²) in [4.78, 5) is 62.8. The maximum absolute atomic E-state index is 13.2. The summed E-state index contributed by atoms with van der Waals surface area (Å²) in [6.07, 6.45) is 2.38. The lowest BCUT2D eigenvalue weighted by Gasteiger charge is -2.21. The van der Waals surface area contributed by atoms with Gasteiger partial charge in [0.1, 0.15) is 5.82 Å². The first-order valence-corrected chi connectivity index (χ1v) is 14.7.